The summed E-state index contributed by atoms with van der Waals surface area (Å²) in [6.45, 7) is -0.182. The van der Waals surface area contributed by atoms with Crippen molar-refractivity contribution in [3.63, 3.8) is 0 Å². The molecule has 0 spiro atoms. The number of nitrogens with one attached hydrogen (secondary N) is 4. The third kappa shape index (κ3) is 27.6. The quantitative estimate of drug-likeness (QED) is 0.0199. The Morgan fingerprint density at radius 2 is 0.717 bits per heavy atom. The molecule has 0 aliphatic carbocycles. The Bertz CT molecular complexity index is 2520. The molecule has 31 atom stereocenters. The number of unbranched alkanes of at least 4 members (excludes halogenated alkanes) is 3. The first-order valence-corrected chi connectivity index (χ1v) is 35.8. The molecule has 6 saturated heterocycles. The third-order valence-corrected chi connectivity index (χ3v) is 18.5. The normalized spacial score (nSPS) is 38.0. The second kappa shape index (κ2) is 47.7. The lowest BCUT2D eigenvalue weighted by Crippen LogP contribution is -2.65. The van der Waals surface area contributed by atoms with Crippen LogP contribution in [0.3, 0.4) is 0 Å². The fourth-order valence-electron chi connectivity index (χ4n) is 12.0. The Morgan fingerprint density at radius 1 is 0.377 bits per heavy atom. The number of hydrazine groups is 1. The van der Waals surface area contributed by atoms with Crippen LogP contribution in [0.5, 0.6) is 0 Å². The highest BCUT2D eigenvalue weighted by molar-refractivity contribution is 5.82. The summed E-state index contributed by atoms with van der Waals surface area (Å²) in [5.41, 5.74) is 10.8. The summed E-state index contributed by atoms with van der Waals surface area (Å²) in [5.74, 6) is -0.783. The molecule has 42 heteroatoms. The maximum absolute atomic E-state index is 12.4. The van der Waals surface area contributed by atoms with Crippen LogP contribution in [0.2, 0.25) is 0 Å². The smallest absolute Gasteiger partial charge is 0.234 e. The lowest BCUT2D eigenvalue weighted by molar-refractivity contribution is -0.372. The number of carbonyl (C=O) groups excluding carboxylic acids is 5. The van der Waals surface area contributed by atoms with Gasteiger partial charge in [-0.1, -0.05) is 13.3 Å². The number of hydrogen-bond donors (Lipinski definition) is 25. The predicted octanol–water partition coefficient (Wildman–Crippen LogP) is -11.9. The lowest BCUT2D eigenvalue weighted by atomic mass is 9.97. The van der Waals surface area contributed by atoms with Gasteiger partial charge in [-0.05, 0) is 71.3 Å². The van der Waals surface area contributed by atoms with Gasteiger partial charge in [-0.25, -0.2) is 5.43 Å². The molecule has 26 N–H and O–H groups in total. The summed E-state index contributed by atoms with van der Waals surface area (Å²) in [6.07, 6.45) is -42.6. The average Bonchev–Trinajstić information content (AvgIpc) is 0.790. The van der Waals surface area contributed by atoms with Gasteiger partial charge in [-0.15, -0.1) is 0 Å². The molecular formula is C64H115N5O37. The van der Waals surface area contributed by atoms with Crippen LogP contribution in [0.1, 0.15) is 110 Å². The number of carbonyl (C=O) groups is 5. The Balaban J connectivity index is 0.000000385. The molecule has 6 fully saturated rings. The number of hydrogen-bond acceptors (Lipinski definition) is 39. The van der Waals surface area contributed by atoms with Crippen molar-refractivity contribution >= 4 is 29.3 Å². The fraction of sp³-hybridized carbons (Fsp3) is 0.922. The summed E-state index contributed by atoms with van der Waals surface area (Å²) < 4.78 is 67.0. The minimum atomic E-state index is -1.88. The number of Topliss-reactive ketones (excluding diaryl/α,β-unsaturated/α-hetero) is 2. The van der Waals surface area contributed by atoms with Crippen molar-refractivity contribution in [2.45, 2.75) is 300 Å². The molecule has 6 heterocycles. The number of aliphatic hydroxyl groups excluding tert-OH is 20. The van der Waals surface area contributed by atoms with Crippen LogP contribution < -0.4 is 27.2 Å². The van der Waals surface area contributed by atoms with Crippen LogP contribution in [0.4, 0.5) is 0 Å². The molecule has 0 aromatic heterocycles. The first kappa shape index (κ1) is 93.0. The highest BCUT2D eigenvalue weighted by Gasteiger charge is 2.55. The van der Waals surface area contributed by atoms with Gasteiger partial charge in [0, 0.05) is 45.2 Å². The molecule has 6 rings (SSSR count). The lowest BCUT2D eigenvalue weighted by Gasteiger charge is -2.46. The molecular weight excluding hydrogens is 1430 g/mol. The van der Waals surface area contributed by atoms with Crippen molar-refractivity contribution in [3.05, 3.63) is 0 Å². The minimum absolute atomic E-state index is 0.0892. The highest BCUT2D eigenvalue weighted by Crippen LogP contribution is 2.34. The molecule has 0 bridgehead atoms. The van der Waals surface area contributed by atoms with Gasteiger partial charge in [-0.2, -0.15) is 0 Å². The van der Waals surface area contributed by atoms with Gasteiger partial charge in [-0.3, -0.25) is 29.4 Å². The van der Waals surface area contributed by atoms with Crippen molar-refractivity contribution in [2.24, 2.45) is 5.73 Å². The van der Waals surface area contributed by atoms with Crippen molar-refractivity contribution in [2.75, 3.05) is 72.5 Å². The van der Waals surface area contributed by atoms with Crippen molar-refractivity contribution in [1.82, 2.24) is 21.5 Å². The molecule has 0 radical (unpaired) electrons. The van der Waals surface area contributed by atoms with Crippen molar-refractivity contribution in [1.29, 1.82) is 0 Å². The van der Waals surface area contributed by atoms with E-state index >= 15 is 0 Å². The summed E-state index contributed by atoms with van der Waals surface area (Å²) in [7, 11) is 0. The van der Waals surface area contributed by atoms with Gasteiger partial charge in [0.2, 0.25) is 17.7 Å². The summed E-state index contributed by atoms with van der Waals surface area (Å²) in [4.78, 5) is 60.2. The van der Waals surface area contributed by atoms with E-state index in [1.165, 1.54) is 6.92 Å². The van der Waals surface area contributed by atoms with Gasteiger partial charge in [0.1, 0.15) is 158 Å². The van der Waals surface area contributed by atoms with Crippen LogP contribution in [0.15, 0.2) is 0 Å². The zero-order valence-corrected chi connectivity index (χ0v) is 59.2. The second-order valence-corrected chi connectivity index (χ2v) is 26.7. The predicted molar refractivity (Wildman–Crippen MR) is 351 cm³/mol. The Hall–Kier alpha value is -3.61. The molecule has 0 aromatic rings. The largest absolute Gasteiger partial charge is 0.394 e. The first-order valence-electron chi connectivity index (χ1n) is 35.8. The number of ether oxygens (including phenoxy) is 12. The number of aliphatic hydroxyl groups is 20. The van der Waals surface area contributed by atoms with Crippen LogP contribution in [0, 0.1) is 0 Å². The standard InChI is InChI=1S/C34H62N4O19.C30H53NO18/c1-16(41)17(7-4-5-10-35)37-38-22(43)9-3-2-8-21(42)36-11-6-12-52-34-31(57-33-30(51)27(48)24(45)19(14-40)55-33)28(49)25(46)20(56-34)15-53-32-29(50)26(47)23(44)18(13-39)54-32;1-2-6-14(34)7-3-4-8-18(35)31-9-5-10-44-30-27(49-29-26(43)23(40)20(37)16(12-33)47-29)24(41)21(38)17(48-30)13-45-28-25(42)22(39)19(36)15(11-32)46-28/h17-20,23-34,37,39-40,44-51H,2-15,35H2,1H3,(H,36,42)(H,38,43);15-17,19-30,32-33,36-43H,2-13H2,1H3,(H,31,35)/t17-,18+,19+,20+,23+,24+,25+,26-,27-,28-,29-,30-,31-,32-,33+,34+;15-,16-,17-,19-,20-,21-,22+,23+,24+,25+,26+,27+,28+,29-,30-/m01/s1. The van der Waals surface area contributed by atoms with Crippen LogP contribution in [0.25, 0.3) is 0 Å². The van der Waals surface area contributed by atoms with Crippen LogP contribution in [-0.2, 0) is 80.8 Å². The number of amides is 3. The zero-order valence-electron chi connectivity index (χ0n) is 59.2. The third-order valence-electron chi connectivity index (χ3n) is 18.5. The summed E-state index contributed by atoms with van der Waals surface area (Å²) in [6, 6.07) is -0.516. The number of rotatable bonds is 43. The van der Waals surface area contributed by atoms with Crippen LogP contribution in [-0.4, -0.2) is 394 Å². The molecule has 106 heavy (non-hydrogen) atoms. The molecule has 3 amide bonds. The van der Waals surface area contributed by atoms with Gasteiger partial charge in [0.05, 0.1) is 58.9 Å². The van der Waals surface area contributed by atoms with E-state index in [2.05, 4.69) is 21.5 Å². The zero-order chi connectivity index (χ0) is 78.5. The van der Waals surface area contributed by atoms with E-state index in [1.807, 2.05) is 6.92 Å². The molecule has 618 valence electrons. The first-order chi connectivity index (χ1) is 50.5. The van der Waals surface area contributed by atoms with Crippen molar-refractivity contribution in [3.8, 4) is 0 Å². The molecule has 0 saturated carbocycles. The van der Waals surface area contributed by atoms with Crippen LogP contribution >= 0.6 is 0 Å². The van der Waals surface area contributed by atoms with Gasteiger partial charge >= 0.3 is 0 Å². The topological polar surface area (TPSA) is 675 Å². The van der Waals surface area contributed by atoms with E-state index in [9.17, 15) is 126 Å². The van der Waals surface area contributed by atoms with Gasteiger partial charge < -0.3 is 175 Å². The molecule has 6 aliphatic rings. The SMILES string of the molecule is CC(=O)[C@H](CCCCN)NNC(=O)CCCCC(=O)NCCCO[C@@H]1O[C@H](CO[C@H]2O[C@H](CO)[C@@H](O)[C@H](O)[C@@H]2O)[C@@H](O)[C@H](O)[C@@H]1O[C@H]1O[C@H](CO)[C@@H](O)[C@H](O)[C@@H]1O.CCCC(=O)CCCCC(=O)NCCCO[C@@H]1O[C@H](CO[C@H]2O[C@H](CO)[C@@H](O)[C@H](O)[C@@H]2O)[C@@H](O)[C@H](O)[C@@H]1O[C@H]1O[C@H](CO)[C@@H](O)[C@H](O)[C@@H]1O. The van der Waals surface area contributed by atoms with Gasteiger partial charge in [0.25, 0.3) is 0 Å². The second-order valence-electron chi connectivity index (χ2n) is 26.7. The highest BCUT2D eigenvalue weighted by atomic mass is 16.8. The molecule has 42 nitrogen and oxygen atoms in total. The maximum atomic E-state index is 12.4. The molecule has 0 unspecified atom stereocenters. The van der Waals surface area contributed by atoms with Crippen molar-refractivity contribution < 1.29 is 183 Å². The average molecular weight is 1550 g/mol. The monoisotopic (exact) mass is 1550 g/mol. The van der Waals surface area contributed by atoms with E-state index < -0.39 is 230 Å². The maximum Gasteiger partial charge on any atom is 0.234 e. The Morgan fingerprint density at radius 3 is 1.08 bits per heavy atom. The van der Waals surface area contributed by atoms with E-state index in [0.29, 0.717) is 51.5 Å². The summed E-state index contributed by atoms with van der Waals surface area (Å²) in [5, 5.41) is 210. The van der Waals surface area contributed by atoms with E-state index in [1.54, 1.807) is 0 Å². The van der Waals surface area contributed by atoms with E-state index in [0.717, 1.165) is 19.3 Å². The van der Waals surface area contributed by atoms with E-state index in [-0.39, 0.29) is 87.7 Å². The van der Waals surface area contributed by atoms with E-state index in [4.69, 9.17) is 62.6 Å². The fourth-order valence-corrected chi connectivity index (χ4v) is 12.0. The Kier molecular flexibility index (Phi) is 41.8. The number of nitrogens with two attached hydrogens (primary N) is 1. The Labute approximate surface area is 610 Å². The molecule has 0 aromatic carbocycles. The van der Waals surface area contributed by atoms with Gasteiger partial charge in [0.15, 0.2) is 37.7 Å². The minimum Gasteiger partial charge on any atom is -0.394 e. The molecule has 6 aliphatic heterocycles. The number of ketones is 2. The summed E-state index contributed by atoms with van der Waals surface area (Å²) >= 11 is 0.